The highest BCUT2D eigenvalue weighted by atomic mass is 32.2. The predicted octanol–water partition coefficient (Wildman–Crippen LogP) is 5.17. The maximum atomic E-state index is 4.88. The van der Waals surface area contributed by atoms with Gasteiger partial charge in [-0.1, -0.05) is 87.0 Å². The average Bonchev–Trinajstić information content (AvgIpc) is 3.48. The molecule has 2 heterocycles. The fraction of sp³-hybridized carbons (Fsp3) is 0.391. The van der Waals surface area contributed by atoms with Crippen LogP contribution < -0.4 is 5.43 Å². The Hall–Kier alpha value is -2.36. The van der Waals surface area contributed by atoms with Gasteiger partial charge in [-0.05, 0) is 39.3 Å². The van der Waals surface area contributed by atoms with E-state index in [1.54, 1.807) is 0 Å². The molecule has 1 atom stereocenters. The molecule has 1 fully saturated rings. The lowest BCUT2D eigenvalue weighted by atomic mass is 9.98. The number of hydrogen-bond acceptors (Lipinski definition) is 7. The Morgan fingerprint density at radius 3 is 2.59 bits per heavy atom. The number of aliphatic imine (C=N–C) groups is 1. The number of nitrogens with zero attached hydrogens (tertiary/aromatic N) is 5. The monoisotopic (exact) mass is 467 g/mol. The van der Waals surface area contributed by atoms with Crippen LogP contribution in [0, 0.1) is 0 Å². The van der Waals surface area contributed by atoms with E-state index in [2.05, 4.69) is 75.2 Å². The van der Waals surface area contributed by atoms with E-state index in [0.717, 1.165) is 47.1 Å². The smallest absolute Gasteiger partial charge is 0.180 e. The normalized spacial score (nSPS) is 17.4. The number of thioether (sulfide) groups is 2. The molecular weight excluding hydrogens is 438 g/mol. The highest BCUT2D eigenvalue weighted by Crippen LogP contribution is 2.32. The average molecular weight is 468 g/mol. The van der Waals surface area contributed by atoms with E-state index < -0.39 is 0 Å². The molecule has 32 heavy (non-hydrogen) atoms. The van der Waals surface area contributed by atoms with Crippen LogP contribution in [0.2, 0.25) is 0 Å². The van der Waals surface area contributed by atoms with Crippen LogP contribution in [0.1, 0.15) is 38.7 Å². The number of aromatic nitrogens is 4. The minimum Gasteiger partial charge on any atom is -0.281 e. The van der Waals surface area contributed by atoms with Gasteiger partial charge in [0.1, 0.15) is 4.71 Å². The van der Waals surface area contributed by atoms with Gasteiger partial charge in [-0.3, -0.25) is 10.0 Å². The van der Waals surface area contributed by atoms with Gasteiger partial charge in [-0.2, -0.15) is 0 Å². The lowest BCUT2D eigenvalue weighted by Crippen LogP contribution is -2.36. The van der Waals surface area contributed by atoms with E-state index >= 15 is 0 Å². The lowest BCUT2D eigenvalue weighted by molar-refractivity contribution is 0.333. The molecule has 0 aliphatic carbocycles. The minimum absolute atomic E-state index is 0.326. The van der Waals surface area contributed by atoms with Crippen LogP contribution in [-0.2, 0) is 6.54 Å². The van der Waals surface area contributed by atoms with Crippen LogP contribution in [0.3, 0.4) is 0 Å². The topological polar surface area (TPSA) is 82.1 Å². The van der Waals surface area contributed by atoms with Crippen LogP contribution in [0.5, 0.6) is 0 Å². The summed E-state index contributed by atoms with van der Waals surface area (Å²) in [6, 6.07) is 16.9. The van der Waals surface area contributed by atoms with Crippen molar-refractivity contribution in [3.05, 3.63) is 54.1 Å². The van der Waals surface area contributed by atoms with Crippen molar-refractivity contribution in [2.24, 2.45) is 4.99 Å². The third-order valence-corrected chi connectivity index (χ3v) is 7.48. The summed E-state index contributed by atoms with van der Waals surface area (Å²) in [5.41, 5.74) is 8.08. The first-order chi connectivity index (χ1) is 15.8. The number of unbranched alkanes of at least 4 members (excludes halogenated alkanes) is 2. The molecule has 1 aliphatic rings. The number of tetrazole rings is 1. The molecule has 2 aromatic carbocycles. The maximum absolute atomic E-state index is 4.88. The van der Waals surface area contributed by atoms with Gasteiger partial charge in [-0.25, -0.2) is 10.5 Å². The molecule has 1 aliphatic heterocycles. The molecule has 1 aromatic heterocycles. The number of nitrogens with one attached hydrogen (secondary N) is 2. The Morgan fingerprint density at radius 2 is 1.88 bits per heavy atom. The van der Waals surface area contributed by atoms with Gasteiger partial charge in [0.05, 0.1) is 6.54 Å². The quantitative estimate of drug-likeness (QED) is 0.398. The van der Waals surface area contributed by atoms with E-state index in [0.29, 0.717) is 10.5 Å². The Labute approximate surface area is 197 Å². The van der Waals surface area contributed by atoms with Gasteiger partial charge in [-0.15, -0.1) is 16.9 Å². The van der Waals surface area contributed by atoms with Gasteiger partial charge in [0, 0.05) is 12.1 Å². The molecule has 3 aromatic rings. The van der Waals surface area contributed by atoms with Gasteiger partial charge in [0.15, 0.2) is 11.0 Å². The number of H-pyrrole nitrogens is 1. The van der Waals surface area contributed by atoms with E-state index in [1.165, 1.54) is 18.4 Å². The molecule has 0 saturated carbocycles. The van der Waals surface area contributed by atoms with Gasteiger partial charge in [0.2, 0.25) is 0 Å². The molecule has 0 spiro atoms. The van der Waals surface area contributed by atoms with Crippen LogP contribution in [0.4, 0.5) is 0 Å². The summed E-state index contributed by atoms with van der Waals surface area (Å²) in [6.07, 6.45) is 3.60. The second-order valence-electron chi connectivity index (χ2n) is 7.48. The standard InChI is InChI=1S/C23H29N7S2/c1-3-5-8-15-24-22-30(27-23(32-22)31-4-2)16-17-11-13-18(14-12-17)19-9-6-7-10-20(19)21-25-28-29-26-21/h6-7,9-14,23,27H,3-5,8,15-16H2,1-2H3,(H,25,26,28,29). The number of aromatic amines is 1. The molecule has 4 rings (SSSR count). The van der Waals surface area contributed by atoms with Crippen LogP contribution in [0.15, 0.2) is 53.5 Å². The maximum Gasteiger partial charge on any atom is 0.180 e. The molecule has 0 amide bonds. The zero-order valence-electron chi connectivity index (χ0n) is 18.5. The molecule has 1 unspecified atom stereocenters. The molecule has 0 radical (unpaired) electrons. The molecule has 7 nitrogen and oxygen atoms in total. The summed E-state index contributed by atoms with van der Waals surface area (Å²) in [7, 11) is 0. The largest absolute Gasteiger partial charge is 0.281 e. The Kier molecular flexibility index (Phi) is 8.19. The first-order valence-electron chi connectivity index (χ1n) is 11.1. The summed E-state index contributed by atoms with van der Waals surface area (Å²) in [4.78, 5) is 4.88. The minimum atomic E-state index is 0.326. The summed E-state index contributed by atoms with van der Waals surface area (Å²) in [5.74, 6) is 1.75. The van der Waals surface area contributed by atoms with E-state index in [4.69, 9.17) is 4.99 Å². The number of amidine groups is 1. The van der Waals surface area contributed by atoms with Crippen molar-refractivity contribution in [3.63, 3.8) is 0 Å². The van der Waals surface area contributed by atoms with Crippen molar-refractivity contribution in [1.82, 2.24) is 31.1 Å². The second-order valence-corrected chi connectivity index (χ2v) is 10.2. The van der Waals surface area contributed by atoms with Crippen molar-refractivity contribution in [3.8, 4) is 22.5 Å². The zero-order valence-corrected chi connectivity index (χ0v) is 20.1. The van der Waals surface area contributed by atoms with Crippen molar-refractivity contribution >= 4 is 28.7 Å². The van der Waals surface area contributed by atoms with Gasteiger partial charge >= 0.3 is 0 Å². The summed E-state index contributed by atoms with van der Waals surface area (Å²) < 4.78 is 0.326. The molecule has 168 valence electrons. The number of hydrogen-bond donors (Lipinski definition) is 2. The molecular formula is C23H29N7S2. The lowest BCUT2D eigenvalue weighted by Gasteiger charge is -2.19. The Balaban J connectivity index is 1.48. The summed E-state index contributed by atoms with van der Waals surface area (Å²) in [5, 5.41) is 17.7. The van der Waals surface area contributed by atoms with E-state index in [9.17, 15) is 0 Å². The third-order valence-electron chi connectivity index (χ3n) is 5.16. The summed E-state index contributed by atoms with van der Waals surface area (Å²) >= 11 is 3.74. The molecule has 9 heteroatoms. The number of benzene rings is 2. The van der Waals surface area contributed by atoms with Crippen LogP contribution in [-0.4, -0.2) is 47.8 Å². The molecule has 2 N–H and O–H groups in total. The van der Waals surface area contributed by atoms with Crippen LogP contribution >= 0.6 is 23.5 Å². The number of rotatable bonds is 10. The van der Waals surface area contributed by atoms with E-state index in [-0.39, 0.29) is 0 Å². The van der Waals surface area contributed by atoms with E-state index in [1.807, 2.05) is 41.7 Å². The highest BCUT2D eigenvalue weighted by molar-refractivity contribution is 8.25. The highest BCUT2D eigenvalue weighted by Gasteiger charge is 2.28. The fourth-order valence-corrected chi connectivity index (χ4v) is 5.77. The first kappa shape index (κ1) is 22.8. The van der Waals surface area contributed by atoms with Gasteiger partial charge in [0.25, 0.3) is 0 Å². The van der Waals surface area contributed by atoms with Gasteiger partial charge < -0.3 is 0 Å². The van der Waals surface area contributed by atoms with Crippen molar-refractivity contribution in [2.45, 2.75) is 44.4 Å². The van der Waals surface area contributed by atoms with Crippen molar-refractivity contribution in [1.29, 1.82) is 0 Å². The Morgan fingerprint density at radius 1 is 1.06 bits per heavy atom. The number of hydrazine groups is 1. The first-order valence-corrected chi connectivity index (χ1v) is 13.0. The SMILES string of the molecule is CCCCCN=C1SC(SCC)NN1Cc1ccc(-c2ccccc2-c2nnn[nH]2)cc1. The predicted molar refractivity (Wildman–Crippen MR) is 135 cm³/mol. The Bertz CT molecular complexity index is 1010. The van der Waals surface area contributed by atoms with Crippen molar-refractivity contribution in [2.75, 3.05) is 12.3 Å². The summed E-state index contributed by atoms with van der Waals surface area (Å²) in [6.45, 7) is 6.10. The third kappa shape index (κ3) is 5.70. The van der Waals surface area contributed by atoms with Crippen molar-refractivity contribution < 1.29 is 0 Å². The molecule has 0 bridgehead atoms. The zero-order chi connectivity index (χ0) is 22.2. The second kappa shape index (κ2) is 11.5. The van der Waals surface area contributed by atoms with Crippen LogP contribution in [0.25, 0.3) is 22.5 Å². The fourth-order valence-electron chi connectivity index (χ4n) is 3.55. The molecule has 1 saturated heterocycles.